The van der Waals surface area contributed by atoms with Gasteiger partial charge in [0.15, 0.2) is 5.96 Å². The van der Waals surface area contributed by atoms with Gasteiger partial charge in [0.05, 0.1) is 12.8 Å². The Morgan fingerprint density at radius 1 is 1.12 bits per heavy atom. The minimum Gasteiger partial charge on any atom is -0.495 e. The third-order valence-electron chi connectivity index (χ3n) is 6.21. The van der Waals surface area contributed by atoms with E-state index in [4.69, 9.17) is 4.74 Å². The van der Waals surface area contributed by atoms with Crippen LogP contribution in [0.3, 0.4) is 0 Å². The van der Waals surface area contributed by atoms with Gasteiger partial charge in [0.1, 0.15) is 5.75 Å². The Morgan fingerprint density at radius 2 is 1.91 bits per heavy atom. The van der Waals surface area contributed by atoms with Crippen molar-refractivity contribution >= 4 is 47.2 Å². The average Bonchev–Trinajstić information content (AvgIpc) is 3.31. The summed E-state index contributed by atoms with van der Waals surface area (Å²) in [6, 6.07) is 16.7. The topological polar surface area (TPSA) is 69.2 Å². The molecular formula is C25H34IN5O2. The van der Waals surface area contributed by atoms with Gasteiger partial charge in [-0.2, -0.15) is 0 Å². The number of ether oxygens (including phenoxy) is 1. The number of guanidine groups is 1. The number of benzene rings is 2. The highest BCUT2D eigenvalue weighted by molar-refractivity contribution is 14.0. The molecule has 2 fully saturated rings. The summed E-state index contributed by atoms with van der Waals surface area (Å²) in [5.41, 5.74) is 3.28. The number of nitrogens with one attached hydrogen (secondary N) is 2. The summed E-state index contributed by atoms with van der Waals surface area (Å²) in [6.07, 6.45) is 3.77. The molecule has 0 aliphatic carbocycles. The Morgan fingerprint density at radius 3 is 2.64 bits per heavy atom. The number of nitrogens with zero attached hydrogens (tertiary/aromatic N) is 3. The van der Waals surface area contributed by atoms with Crippen molar-refractivity contribution in [2.24, 2.45) is 4.99 Å². The molecule has 0 spiro atoms. The van der Waals surface area contributed by atoms with Crippen molar-refractivity contribution in [3.8, 4) is 5.75 Å². The second-order valence-corrected chi connectivity index (χ2v) is 8.34. The highest BCUT2D eigenvalue weighted by Gasteiger charge is 2.25. The fourth-order valence-corrected chi connectivity index (χ4v) is 4.43. The molecule has 2 saturated heterocycles. The Bertz CT molecular complexity index is 950. The lowest BCUT2D eigenvalue weighted by atomic mass is 10.1. The van der Waals surface area contributed by atoms with E-state index in [2.05, 4.69) is 38.7 Å². The van der Waals surface area contributed by atoms with E-state index in [1.54, 1.807) is 14.2 Å². The van der Waals surface area contributed by atoms with E-state index in [0.29, 0.717) is 19.0 Å². The van der Waals surface area contributed by atoms with Gasteiger partial charge in [-0.3, -0.25) is 9.79 Å². The number of methoxy groups -OCH3 is 1. The number of carbonyl (C=O) groups is 1. The van der Waals surface area contributed by atoms with Gasteiger partial charge in [-0.25, -0.2) is 0 Å². The fraction of sp³-hybridized carbons (Fsp3) is 0.440. The lowest BCUT2D eigenvalue weighted by Crippen LogP contribution is -2.44. The van der Waals surface area contributed by atoms with Gasteiger partial charge >= 0.3 is 0 Å². The van der Waals surface area contributed by atoms with Gasteiger partial charge in [-0.05, 0) is 49.1 Å². The number of rotatable bonds is 6. The molecule has 2 aromatic rings. The van der Waals surface area contributed by atoms with Crippen molar-refractivity contribution in [1.82, 2.24) is 10.6 Å². The summed E-state index contributed by atoms with van der Waals surface area (Å²) in [6.45, 7) is 3.38. The number of piperidine rings is 1. The van der Waals surface area contributed by atoms with Crippen molar-refractivity contribution in [3.05, 3.63) is 54.1 Å². The Kier molecular flexibility index (Phi) is 9.22. The van der Waals surface area contributed by atoms with Crippen LogP contribution in [-0.2, 0) is 11.3 Å². The summed E-state index contributed by atoms with van der Waals surface area (Å²) in [7, 11) is 3.51. The maximum atomic E-state index is 12.1. The first-order chi connectivity index (χ1) is 15.7. The van der Waals surface area contributed by atoms with E-state index < -0.39 is 0 Å². The molecule has 2 aromatic carbocycles. The molecule has 1 unspecified atom stereocenters. The van der Waals surface area contributed by atoms with Gasteiger partial charge in [-0.15, -0.1) is 24.0 Å². The second-order valence-electron chi connectivity index (χ2n) is 8.34. The predicted molar refractivity (Wildman–Crippen MR) is 145 cm³/mol. The molecule has 1 atom stereocenters. The monoisotopic (exact) mass is 563 g/mol. The van der Waals surface area contributed by atoms with Gasteiger partial charge in [0, 0.05) is 51.4 Å². The van der Waals surface area contributed by atoms with E-state index in [1.165, 1.54) is 0 Å². The zero-order chi connectivity index (χ0) is 22.3. The number of carbonyl (C=O) groups excluding carboxylic acids is 1. The first kappa shape index (κ1) is 25.1. The molecule has 1 amide bonds. The van der Waals surface area contributed by atoms with E-state index in [9.17, 15) is 4.79 Å². The summed E-state index contributed by atoms with van der Waals surface area (Å²) in [5, 5.41) is 6.96. The molecule has 2 aliphatic rings. The van der Waals surface area contributed by atoms with Gasteiger partial charge in [0.25, 0.3) is 0 Å². The van der Waals surface area contributed by atoms with E-state index in [-0.39, 0.29) is 29.9 Å². The molecule has 2 heterocycles. The standard InChI is InChI=1S/C25H33N5O2.HI/c1-26-25(28-20-14-16-29(18-20)22-7-3-4-8-23(22)32-2)27-17-19-10-12-21(13-11-19)30-15-6-5-9-24(30)31;/h3-4,7-8,10-13,20H,5-6,9,14-18H2,1-2H3,(H2,26,27,28);1H. The third kappa shape index (κ3) is 6.31. The lowest BCUT2D eigenvalue weighted by Gasteiger charge is -2.27. The maximum Gasteiger partial charge on any atom is 0.226 e. The fourth-order valence-electron chi connectivity index (χ4n) is 4.43. The largest absolute Gasteiger partial charge is 0.495 e. The van der Waals surface area contributed by atoms with Crippen LogP contribution in [0.5, 0.6) is 5.75 Å². The van der Waals surface area contributed by atoms with Gasteiger partial charge in [0.2, 0.25) is 5.91 Å². The van der Waals surface area contributed by atoms with Crippen LogP contribution in [0, 0.1) is 0 Å². The summed E-state index contributed by atoms with van der Waals surface area (Å²) in [4.78, 5) is 20.8. The number of hydrogen-bond donors (Lipinski definition) is 2. The Labute approximate surface area is 213 Å². The molecule has 0 bridgehead atoms. The highest BCUT2D eigenvalue weighted by atomic mass is 127. The van der Waals surface area contributed by atoms with Crippen LogP contribution in [-0.4, -0.2) is 51.7 Å². The lowest BCUT2D eigenvalue weighted by molar-refractivity contribution is -0.119. The van der Waals surface area contributed by atoms with Crippen LogP contribution < -0.4 is 25.2 Å². The minimum absolute atomic E-state index is 0. The molecular weight excluding hydrogens is 529 g/mol. The second kappa shape index (κ2) is 12.1. The molecule has 7 nitrogen and oxygen atoms in total. The number of halogens is 1. The van der Waals surface area contributed by atoms with Crippen LogP contribution in [0.15, 0.2) is 53.5 Å². The van der Waals surface area contributed by atoms with Gasteiger partial charge < -0.3 is 25.2 Å². The molecule has 178 valence electrons. The van der Waals surface area contributed by atoms with Crippen LogP contribution in [0.4, 0.5) is 11.4 Å². The number of anilines is 2. The van der Waals surface area contributed by atoms with Crippen LogP contribution in [0.2, 0.25) is 0 Å². The first-order valence-corrected chi connectivity index (χ1v) is 11.4. The molecule has 33 heavy (non-hydrogen) atoms. The number of amides is 1. The minimum atomic E-state index is 0. The molecule has 0 saturated carbocycles. The average molecular weight is 563 g/mol. The van der Waals surface area contributed by atoms with Crippen LogP contribution >= 0.6 is 24.0 Å². The number of hydrogen-bond acceptors (Lipinski definition) is 4. The zero-order valence-corrected chi connectivity index (χ0v) is 21.7. The zero-order valence-electron chi connectivity index (χ0n) is 19.4. The van der Waals surface area contributed by atoms with E-state index in [0.717, 1.165) is 67.5 Å². The predicted octanol–water partition coefficient (Wildman–Crippen LogP) is 3.77. The molecule has 2 aliphatic heterocycles. The van der Waals surface area contributed by atoms with Gasteiger partial charge in [-0.1, -0.05) is 24.3 Å². The van der Waals surface area contributed by atoms with Crippen LogP contribution in [0.25, 0.3) is 0 Å². The number of aliphatic imine (C=N–C) groups is 1. The first-order valence-electron chi connectivity index (χ1n) is 11.4. The molecule has 4 rings (SSSR count). The van der Waals surface area contributed by atoms with Crippen molar-refractivity contribution in [2.75, 3.05) is 43.6 Å². The SMILES string of the molecule is CN=C(NCc1ccc(N2CCCCC2=O)cc1)NC1CCN(c2ccccc2OC)C1.I. The number of para-hydroxylation sites is 2. The van der Waals surface area contributed by atoms with Crippen molar-refractivity contribution in [2.45, 2.75) is 38.3 Å². The van der Waals surface area contributed by atoms with Crippen molar-refractivity contribution in [3.63, 3.8) is 0 Å². The summed E-state index contributed by atoms with van der Waals surface area (Å²) >= 11 is 0. The van der Waals surface area contributed by atoms with Crippen molar-refractivity contribution in [1.29, 1.82) is 0 Å². The Balaban J connectivity index is 0.00000306. The van der Waals surface area contributed by atoms with E-state index >= 15 is 0 Å². The Hall–Kier alpha value is -2.49. The van der Waals surface area contributed by atoms with Crippen molar-refractivity contribution < 1.29 is 9.53 Å². The molecule has 0 aromatic heterocycles. The summed E-state index contributed by atoms with van der Waals surface area (Å²) in [5.74, 6) is 1.93. The van der Waals surface area contributed by atoms with E-state index in [1.807, 2.05) is 35.2 Å². The summed E-state index contributed by atoms with van der Waals surface area (Å²) < 4.78 is 5.52. The van der Waals surface area contributed by atoms with Crippen LogP contribution in [0.1, 0.15) is 31.2 Å². The maximum absolute atomic E-state index is 12.1. The molecule has 8 heteroatoms. The smallest absolute Gasteiger partial charge is 0.226 e. The normalized spacial score (nSPS) is 18.7. The highest BCUT2D eigenvalue weighted by Crippen LogP contribution is 2.30. The molecule has 0 radical (unpaired) electrons. The molecule has 2 N–H and O–H groups in total. The quantitative estimate of drug-likeness (QED) is 0.318. The third-order valence-corrected chi connectivity index (χ3v) is 6.21.